The van der Waals surface area contributed by atoms with Crippen molar-refractivity contribution in [2.45, 2.75) is 115 Å². The average molecular weight is 405 g/mol. The number of carbonyl (C=O) groups excluding carboxylic acids is 1. The van der Waals surface area contributed by atoms with Gasteiger partial charge in [0.2, 0.25) is 0 Å². The molecule has 3 aliphatic rings. The van der Waals surface area contributed by atoms with Gasteiger partial charge in [0.25, 0.3) is 0 Å². The van der Waals surface area contributed by atoms with Gasteiger partial charge in [-0.05, 0) is 43.4 Å². The van der Waals surface area contributed by atoms with Gasteiger partial charge in [-0.25, -0.2) is 0 Å². The van der Waals surface area contributed by atoms with Gasteiger partial charge in [0.05, 0.1) is 24.9 Å². The quantitative estimate of drug-likeness (QED) is 0.397. The van der Waals surface area contributed by atoms with Crippen LogP contribution in [0.4, 0.5) is 0 Å². The van der Waals surface area contributed by atoms with Crippen molar-refractivity contribution < 1.29 is 19.4 Å². The fourth-order valence-corrected chi connectivity index (χ4v) is 5.02. The van der Waals surface area contributed by atoms with E-state index in [4.69, 9.17) is 9.47 Å². The van der Waals surface area contributed by atoms with Crippen LogP contribution in [0, 0.1) is 5.92 Å². The van der Waals surface area contributed by atoms with Gasteiger partial charge >= 0.3 is 0 Å². The van der Waals surface area contributed by atoms with E-state index < -0.39 is 0 Å². The first kappa shape index (κ1) is 22.7. The van der Waals surface area contributed by atoms with Crippen molar-refractivity contribution in [1.29, 1.82) is 0 Å². The Bertz CT molecular complexity index is 594. The van der Waals surface area contributed by atoms with E-state index in [0.29, 0.717) is 6.42 Å². The molecule has 1 N–H and O–H groups in total. The second kappa shape index (κ2) is 11.4. The molecule has 164 valence electrons. The molecule has 1 unspecified atom stereocenters. The summed E-state index contributed by atoms with van der Waals surface area (Å²) in [4.78, 5) is 12.2. The number of hydrogen-bond donors (Lipinski definition) is 1. The molecule has 2 aliphatic heterocycles. The molecule has 0 amide bonds. The third kappa shape index (κ3) is 6.26. The number of unbranched alkanes of at least 4 members (excludes halogenated alkanes) is 7. The minimum Gasteiger partial charge on any atom is -0.392 e. The fraction of sp³-hybridized carbons (Fsp3) is 0.800. The van der Waals surface area contributed by atoms with Crippen LogP contribution in [-0.2, 0) is 14.3 Å². The van der Waals surface area contributed by atoms with Gasteiger partial charge in [-0.2, -0.15) is 0 Å². The number of Topliss-reactive ketones (excluding diaryl/α,β-unsaturated/α-hetero) is 1. The Morgan fingerprint density at radius 3 is 2.41 bits per heavy atom. The number of carbonyl (C=O) groups is 1. The van der Waals surface area contributed by atoms with Crippen molar-refractivity contribution in [2.24, 2.45) is 5.92 Å². The van der Waals surface area contributed by atoms with E-state index in [-0.39, 0.29) is 42.7 Å². The van der Waals surface area contributed by atoms with Crippen molar-refractivity contribution in [2.75, 3.05) is 6.61 Å². The molecule has 0 aromatic heterocycles. The van der Waals surface area contributed by atoms with Crippen LogP contribution in [0.15, 0.2) is 23.3 Å². The van der Waals surface area contributed by atoms with Gasteiger partial charge in [0, 0.05) is 12.3 Å². The number of rotatable bonds is 10. The van der Waals surface area contributed by atoms with E-state index in [2.05, 4.69) is 13.0 Å². The van der Waals surface area contributed by atoms with Crippen molar-refractivity contribution >= 4 is 5.78 Å². The molecule has 2 heterocycles. The number of fused-ring (bicyclic) bond motifs is 2. The molecule has 1 fully saturated rings. The maximum atomic E-state index is 12.2. The Balaban J connectivity index is 1.48. The molecule has 4 nitrogen and oxygen atoms in total. The van der Waals surface area contributed by atoms with Crippen LogP contribution in [0.2, 0.25) is 0 Å². The molecule has 0 aromatic rings. The van der Waals surface area contributed by atoms with Gasteiger partial charge in [0.15, 0.2) is 5.78 Å². The number of allylic oxidation sites excluding steroid dienone is 1. The van der Waals surface area contributed by atoms with Crippen molar-refractivity contribution in [1.82, 2.24) is 0 Å². The highest BCUT2D eigenvalue weighted by Gasteiger charge is 2.40. The summed E-state index contributed by atoms with van der Waals surface area (Å²) in [5.41, 5.74) is 1.69. The van der Waals surface area contributed by atoms with E-state index in [1.807, 2.05) is 13.0 Å². The van der Waals surface area contributed by atoms with Crippen LogP contribution in [0.1, 0.15) is 90.9 Å². The molecular weight excluding hydrogens is 364 g/mol. The van der Waals surface area contributed by atoms with E-state index in [0.717, 1.165) is 30.4 Å². The zero-order valence-electron chi connectivity index (χ0n) is 18.4. The third-order valence-electron chi connectivity index (χ3n) is 6.89. The summed E-state index contributed by atoms with van der Waals surface area (Å²) in [7, 11) is 0. The Hall–Kier alpha value is -0.970. The topological polar surface area (TPSA) is 55.8 Å². The normalized spacial score (nSPS) is 32.1. The van der Waals surface area contributed by atoms with E-state index in [9.17, 15) is 9.90 Å². The second-order valence-electron chi connectivity index (χ2n) is 9.19. The van der Waals surface area contributed by atoms with Crippen LogP contribution in [0.25, 0.3) is 0 Å². The Labute approximate surface area is 176 Å². The summed E-state index contributed by atoms with van der Waals surface area (Å²) in [5, 5.41) is 9.93. The van der Waals surface area contributed by atoms with Crippen LogP contribution in [-0.4, -0.2) is 41.9 Å². The molecule has 4 heteroatoms. The number of ether oxygens (including phenoxy) is 2. The van der Waals surface area contributed by atoms with Crippen LogP contribution in [0.3, 0.4) is 0 Å². The van der Waals surface area contributed by atoms with Crippen LogP contribution < -0.4 is 0 Å². The second-order valence-corrected chi connectivity index (χ2v) is 9.19. The highest BCUT2D eigenvalue weighted by molar-refractivity contribution is 5.96. The molecule has 0 radical (unpaired) electrons. The number of aliphatic hydroxyl groups excluding tert-OH is 1. The smallest absolute Gasteiger partial charge is 0.159 e. The van der Waals surface area contributed by atoms with E-state index >= 15 is 0 Å². The van der Waals surface area contributed by atoms with Gasteiger partial charge < -0.3 is 14.6 Å². The lowest BCUT2D eigenvalue weighted by molar-refractivity contribution is -0.138. The molecule has 1 aliphatic carbocycles. The molecule has 1 saturated heterocycles. The summed E-state index contributed by atoms with van der Waals surface area (Å²) in [6.45, 7) is 4.10. The molecule has 3 rings (SSSR count). The predicted molar refractivity (Wildman–Crippen MR) is 116 cm³/mol. The number of aliphatic hydroxyl groups is 1. The minimum atomic E-state index is -0.117. The number of hydrogen-bond acceptors (Lipinski definition) is 4. The standard InChI is InChI=1S/C25H40O4/c1-3-4-5-6-7-8-9-10-11-20-12-13-23-25(28-20)15-19(17-26)21-16-22(27)18(2)14-24(21)29-23/h14-15,20-21,23-26H,3-13,16-17H2,1-2H3/t20-,21-,23-,24-,25?/m1/s1. The molecule has 0 bridgehead atoms. The lowest BCUT2D eigenvalue weighted by Gasteiger charge is -2.36. The average Bonchev–Trinajstić information content (AvgIpc) is 2.86. The summed E-state index contributed by atoms with van der Waals surface area (Å²) in [6.07, 6.45) is 18.4. The van der Waals surface area contributed by atoms with Crippen molar-refractivity contribution in [3.8, 4) is 0 Å². The number of ketones is 1. The van der Waals surface area contributed by atoms with Crippen LogP contribution in [0.5, 0.6) is 0 Å². The first-order valence-electron chi connectivity index (χ1n) is 12.0. The maximum absolute atomic E-state index is 12.2. The summed E-state index contributed by atoms with van der Waals surface area (Å²) < 4.78 is 12.8. The first-order valence-corrected chi connectivity index (χ1v) is 12.0. The van der Waals surface area contributed by atoms with Crippen LogP contribution >= 0.6 is 0 Å². The summed E-state index contributed by atoms with van der Waals surface area (Å²) >= 11 is 0. The molecule has 0 spiro atoms. The van der Waals surface area contributed by atoms with Crippen molar-refractivity contribution in [3.63, 3.8) is 0 Å². The maximum Gasteiger partial charge on any atom is 0.159 e. The van der Waals surface area contributed by atoms with Gasteiger partial charge in [-0.15, -0.1) is 0 Å². The first-order chi connectivity index (χ1) is 14.1. The molecular formula is C25H40O4. The Kier molecular flexibility index (Phi) is 8.95. The highest BCUT2D eigenvalue weighted by atomic mass is 16.6. The van der Waals surface area contributed by atoms with E-state index in [1.165, 1.54) is 51.4 Å². The molecule has 0 aromatic carbocycles. The Morgan fingerprint density at radius 1 is 0.966 bits per heavy atom. The summed E-state index contributed by atoms with van der Waals surface area (Å²) in [5.74, 6) is 0.115. The molecule has 29 heavy (non-hydrogen) atoms. The Morgan fingerprint density at radius 2 is 1.69 bits per heavy atom. The highest BCUT2D eigenvalue weighted by Crippen LogP contribution is 2.37. The van der Waals surface area contributed by atoms with Gasteiger partial charge in [-0.1, -0.05) is 64.4 Å². The largest absolute Gasteiger partial charge is 0.392 e. The SMILES string of the molecule is CCCCCCCCCC[C@@H]1CC[C@H]2O[C@@H]3C=C(C)C(=O)C[C@@H]3C(CO)=CC2O1. The monoisotopic (exact) mass is 404 g/mol. The predicted octanol–water partition coefficient (Wildman–Crippen LogP) is 5.29. The molecule has 0 saturated carbocycles. The van der Waals surface area contributed by atoms with E-state index in [1.54, 1.807) is 0 Å². The zero-order chi connectivity index (χ0) is 20.6. The zero-order valence-corrected chi connectivity index (χ0v) is 18.4. The van der Waals surface area contributed by atoms with Gasteiger partial charge in [0.1, 0.15) is 6.10 Å². The summed E-state index contributed by atoms with van der Waals surface area (Å²) in [6, 6.07) is 0. The van der Waals surface area contributed by atoms with Gasteiger partial charge in [-0.3, -0.25) is 4.79 Å². The minimum absolute atomic E-state index is 0.0265. The lowest BCUT2D eigenvalue weighted by atomic mass is 9.82. The fourth-order valence-electron chi connectivity index (χ4n) is 5.02. The molecule has 5 atom stereocenters. The van der Waals surface area contributed by atoms with Crippen molar-refractivity contribution in [3.05, 3.63) is 23.3 Å². The lowest BCUT2D eigenvalue weighted by Crippen LogP contribution is -2.41. The third-order valence-corrected chi connectivity index (χ3v) is 6.89.